The maximum Gasteiger partial charge on any atom is 0.241 e. The molecule has 4 N–H and O–H groups in total. The lowest BCUT2D eigenvalue weighted by molar-refractivity contribution is -0.126. The molecule has 1 aliphatic heterocycles. The molecular weight excluding hydrogens is 242 g/mol. The third kappa shape index (κ3) is 3.54. The van der Waals surface area contributed by atoms with Crippen LogP contribution in [0.4, 0.5) is 0 Å². The summed E-state index contributed by atoms with van der Waals surface area (Å²) in [5.74, 6) is -0.168. The number of nitrogens with one attached hydrogen (secondary N) is 2. The predicted octanol–water partition coefficient (Wildman–Crippen LogP) is 0.390. The van der Waals surface area contributed by atoms with Crippen LogP contribution in [0.2, 0.25) is 0 Å². The standard InChI is InChI=1S/C14H19N3O2/c1-9-2-4-10(5-3-9)13(15)14(19)17-11-6-7-12(18)16-8-11/h2-5,11,13H,6-8,15H2,1H3,(H,16,18)(H,17,19). The zero-order valence-electron chi connectivity index (χ0n) is 11.0. The second-order valence-electron chi connectivity index (χ2n) is 4.94. The molecule has 0 spiro atoms. The molecule has 1 aliphatic rings. The molecule has 1 saturated heterocycles. The quantitative estimate of drug-likeness (QED) is 0.736. The molecule has 102 valence electrons. The van der Waals surface area contributed by atoms with Gasteiger partial charge in [0, 0.05) is 19.0 Å². The number of hydrogen-bond acceptors (Lipinski definition) is 3. The van der Waals surface area contributed by atoms with Gasteiger partial charge in [-0.1, -0.05) is 29.8 Å². The fourth-order valence-corrected chi connectivity index (χ4v) is 2.07. The third-order valence-corrected chi connectivity index (χ3v) is 3.33. The van der Waals surface area contributed by atoms with E-state index >= 15 is 0 Å². The van der Waals surface area contributed by atoms with E-state index in [4.69, 9.17) is 5.73 Å². The Labute approximate surface area is 112 Å². The normalized spacial score (nSPS) is 20.5. The summed E-state index contributed by atoms with van der Waals surface area (Å²) in [6.45, 7) is 2.46. The fourth-order valence-electron chi connectivity index (χ4n) is 2.07. The van der Waals surface area contributed by atoms with Crippen LogP contribution >= 0.6 is 0 Å². The largest absolute Gasteiger partial charge is 0.354 e. The van der Waals surface area contributed by atoms with Gasteiger partial charge in [-0.15, -0.1) is 0 Å². The molecule has 19 heavy (non-hydrogen) atoms. The van der Waals surface area contributed by atoms with Gasteiger partial charge in [-0.3, -0.25) is 9.59 Å². The molecule has 2 atom stereocenters. The maximum atomic E-state index is 12.0. The van der Waals surface area contributed by atoms with Crippen LogP contribution in [-0.2, 0) is 9.59 Å². The van der Waals surface area contributed by atoms with Gasteiger partial charge in [0.05, 0.1) is 0 Å². The minimum atomic E-state index is -0.668. The predicted molar refractivity (Wildman–Crippen MR) is 72.3 cm³/mol. The number of carbonyl (C=O) groups is 2. The number of carbonyl (C=O) groups excluding carboxylic acids is 2. The van der Waals surface area contributed by atoms with Crippen LogP contribution in [0.1, 0.15) is 30.0 Å². The van der Waals surface area contributed by atoms with Crippen molar-refractivity contribution < 1.29 is 9.59 Å². The maximum absolute atomic E-state index is 12.0. The van der Waals surface area contributed by atoms with Crippen LogP contribution in [0.3, 0.4) is 0 Å². The Morgan fingerprint density at radius 3 is 2.68 bits per heavy atom. The summed E-state index contributed by atoms with van der Waals surface area (Å²) in [4.78, 5) is 23.1. The number of rotatable bonds is 3. The molecule has 1 heterocycles. The minimum absolute atomic E-state index is 0.0262. The van der Waals surface area contributed by atoms with Gasteiger partial charge in [-0.2, -0.15) is 0 Å². The smallest absolute Gasteiger partial charge is 0.241 e. The van der Waals surface area contributed by atoms with Crippen LogP contribution in [-0.4, -0.2) is 24.4 Å². The summed E-state index contributed by atoms with van der Waals surface area (Å²) in [6.07, 6.45) is 1.11. The summed E-state index contributed by atoms with van der Waals surface area (Å²) in [6, 6.07) is 6.90. The van der Waals surface area contributed by atoms with Crippen molar-refractivity contribution in [3.63, 3.8) is 0 Å². The van der Waals surface area contributed by atoms with Crippen molar-refractivity contribution in [2.24, 2.45) is 5.73 Å². The lowest BCUT2D eigenvalue weighted by Gasteiger charge is -2.25. The summed E-state index contributed by atoms with van der Waals surface area (Å²) in [5, 5.41) is 5.60. The third-order valence-electron chi connectivity index (χ3n) is 3.33. The molecule has 0 aromatic heterocycles. The summed E-state index contributed by atoms with van der Waals surface area (Å²) in [5.41, 5.74) is 7.86. The molecule has 1 aromatic carbocycles. The van der Waals surface area contributed by atoms with Crippen LogP contribution in [0.15, 0.2) is 24.3 Å². The van der Waals surface area contributed by atoms with Crippen molar-refractivity contribution in [3.8, 4) is 0 Å². The highest BCUT2D eigenvalue weighted by atomic mass is 16.2. The Bertz CT molecular complexity index is 460. The molecule has 2 rings (SSSR count). The van der Waals surface area contributed by atoms with E-state index in [-0.39, 0.29) is 17.9 Å². The van der Waals surface area contributed by atoms with E-state index in [0.717, 1.165) is 11.1 Å². The molecule has 1 aromatic rings. The number of hydrogen-bond donors (Lipinski definition) is 3. The highest BCUT2D eigenvalue weighted by Gasteiger charge is 2.23. The fraction of sp³-hybridized carbons (Fsp3) is 0.429. The van der Waals surface area contributed by atoms with E-state index < -0.39 is 6.04 Å². The lowest BCUT2D eigenvalue weighted by Crippen LogP contribution is -2.49. The van der Waals surface area contributed by atoms with Crippen molar-refractivity contribution in [1.82, 2.24) is 10.6 Å². The Balaban J connectivity index is 1.92. The number of amides is 2. The zero-order valence-corrected chi connectivity index (χ0v) is 11.0. The SMILES string of the molecule is Cc1ccc(C(N)C(=O)NC2CCC(=O)NC2)cc1. The van der Waals surface area contributed by atoms with Crippen molar-refractivity contribution in [2.45, 2.75) is 31.8 Å². The van der Waals surface area contributed by atoms with Gasteiger partial charge in [-0.05, 0) is 18.9 Å². The molecule has 5 nitrogen and oxygen atoms in total. The second-order valence-corrected chi connectivity index (χ2v) is 4.94. The molecule has 1 fully saturated rings. The first-order chi connectivity index (χ1) is 9.06. The summed E-state index contributed by atoms with van der Waals surface area (Å²) >= 11 is 0. The molecule has 2 amide bonds. The lowest BCUT2D eigenvalue weighted by atomic mass is 10.0. The first kappa shape index (κ1) is 13.5. The first-order valence-electron chi connectivity index (χ1n) is 6.45. The van der Waals surface area contributed by atoms with Gasteiger partial charge < -0.3 is 16.4 Å². The van der Waals surface area contributed by atoms with Gasteiger partial charge in [0.1, 0.15) is 6.04 Å². The van der Waals surface area contributed by atoms with Crippen LogP contribution in [0.25, 0.3) is 0 Å². The topological polar surface area (TPSA) is 84.2 Å². The average molecular weight is 261 g/mol. The van der Waals surface area contributed by atoms with Gasteiger partial charge in [0.15, 0.2) is 0 Å². The van der Waals surface area contributed by atoms with E-state index in [9.17, 15) is 9.59 Å². The summed E-state index contributed by atoms with van der Waals surface area (Å²) in [7, 11) is 0. The van der Waals surface area contributed by atoms with Gasteiger partial charge in [0.25, 0.3) is 0 Å². The molecule has 0 saturated carbocycles. The molecule has 0 aliphatic carbocycles. The van der Waals surface area contributed by atoms with Crippen LogP contribution in [0, 0.1) is 6.92 Å². The molecule has 2 unspecified atom stereocenters. The Kier molecular flexibility index (Phi) is 4.16. The van der Waals surface area contributed by atoms with Gasteiger partial charge in [0.2, 0.25) is 11.8 Å². The Morgan fingerprint density at radius 2 is 2.11 bits per heavy atom. The molecule has 0 radical (unpaired) electrons. The molecule has 5 heteroatoms. The monoisotopic (exact) mass is 261 g/mol. The molecule has 0 bridgehead atoms. The average Bonchev–Trinajstić information content (AvgIpc) is 2.41. The highest BCUT2D eigenvalue weighted by Crippen LogP contribution is 2.12. The van der Waals surface area contributed by atoms with E-state index in [1.807, 2.05) is 31.2 Å². The Hall–Kier alpha value is -1.88. The van der Waals surface area contributed by atoms with Crippen LogP contribution in [0.5, 0.6) is 0 Å². The van der Waals surface area contributed by atoms with Crippen molar-refractivity contribution >= 4 is 11.8 Å². The first-order valence-corrected chi connectivity index (χ1v) is 6.45. The summed E-state index contributed by atoms with van der Waals surface area (Å²) < 4.78 is 0. The van der Waals surface area contributed by atoms with E-state index in [2.05, 4.69) is 10.6 Å². The molecular formula is C14H19N3O2. The van der Waals surface area contributed by atoms with Crippen LogP contribution < -0.4 is 16.4 Å². The van der Waals surface area contributed by atoms with E-state index in [1.54, 1.807) is 0 Å². The van der Waals surface area contributed by atoms with E-state index in [0.29, 0.717) is 19.4 Å². The van der Waals surface area contributed by atoms with Crippen molar-refractivity contribution in [2.75, 3.05) is 6.54 Å². The number of nitrogens with two attached hydrogens (primary N) is 1. The highest BCUT2D eigenvalue weighted by molar-refractivity contribution is 5.83. The minimum Gasteiger partial charge on any atom is -0.354 e. The number of aryl methyl sites for hydroxylation is 1. The second kappa shape index (κ2) is 5.84. The zero-order chi connectivity index (χ0) is 13.8. The van der Waals surface area contributed by atoms with Gasteiger partial charge >= 0.3 is 0 Å². The van der Waals surface area contributed by atoms with Crippen molar-refractivity contribution in [1.29, 1.82) is 0 Å². The number of benzene rings is 1. The van der Waals surface area contributed by atoms with Crippen molar-refractivity contribution in [3.05, 3.63) is 35.4 Å². The van der Waals surface area contributed by atoms with Gasteiger partial charge in [-0.25, -0.2) is 0 Å². The van der Waals surface area contributed by atoms with E-state index in [1.165, 1.54) is 0 Å². The Morgan fingerprint density at radius 1 is 1.42 bits per heavy atom. The number of piperidine rings is 1.